The average molecular weight is 583 g/mol. The Morgan fingerprint density at radius 3 is 2.48 bits per heavy atom. The zero-order valence-electron chi connectivity index (χ0n) is 23.5. The van der Waals surface area contributed by atoms with E-state index in [1.54, 1.807) is 36.3 Å². The Balaban J connectivity index is 1.64. The van der Waals surface area contributed by atoms with Crippen LogP contribution in [0.5, 0.6) is 11.6 Å². The number of pyridine rings is 1. The third kappa shape index (κ3) is 7.38. The maximum absolute atomic E-state index is 14.9. The molecule has 0 radical (unpaired) electrons. The number of anilines is 2. The van der Waals surface area contributed by atoms with E-state index in [4.69, 9.17) is 4.74 Å². The maximum atomic E-state index is 14.9. The van der Waals surface area contributed by atoms with Crippen molar-refractivity contribution in [2.75, 3.05) is 44.4 Å². The Hall–Kier alpha value is -4.58. The van der Waals surface area contributed by atoms with Crippen molar-refractivity contribution in [1.29, 1.82) is 0 Å². The van der Waals surface area contributed by atoms with Gasteiger partial charge in [-0.3, -0.25) is 4.79 Å². The molecule has 2 aromatic heterocycles. The van der Waals surface area contributed by atoms with Crippen LogP contribution >= 0.6 is 0 Å². The normalized spacial score (nSPS) is 11.5. The van der Waals surface area contributed by atoms with Crippen molar-refractivity contribution in [3.63, 3.8) is 0 Å². The van der Waals surface area contributed by atoms with E-state index in [-0.39, 0.29) is 17.3 Å². The van der Waals surface area contributed by atoms with Crippen molar-refractivity contribution in [3.05, 3.63) is 89.8 Å². The van der Waals surface area contributed by atoms with Gasteiger partial charge in [0.05, 0.1) is 33.8 Å². The first-order chi connectivity index (χ1) is 20.0. The fourth-order valence-electron chi connectivity index (χ4n) is 4.05. The van der Waals surface area contributed by atoms with E-state index in [0.29, 0.717) is 42.3 Å². The largest absolute Gasteiger partial charge is 0.438 e. The van der Waals surface area contributed by atoms with Gasteiger partial charge in [-0.2, -0.15) is 13.2 Å². The number of nitrogens with zero attached hydrogens (tertiary/aromatic N) is 5. The highest BCUT2D eigenvalue weighted by molar-refractivity contribution is 6.06. The SMILES string of the molecule is CCc1nccc(-c2cccnc2Oc2ccc(F)c(C(=O)Nc3cc(C(F)(F)F)ccc3N(C)CCN(C)C)c2)n1. The lowest BCUT2D eigenvalue weighted by atomic mass is 10.1. The van der Waals surface area contributed by atoms with Crippen LogP contribution in [0.3, 0.4) is 0 Å². The van der Waals surface area contributed by atoms with Crippen LogP contribution in [0.15, 0.2) is 67.0 Å². The number of carbonyl (C=O) groups is 1. The molecule has 0 bridgehead atoms. The van der Waals surface area contributed by atoms with Crippen molar-refractivity contribution in [2.24, 2.45) is 0 Å². The van der Waals surface area contributed by atoms with Crippen LogP contribution in [0, 0.1) is 5.82 Å². The average Bonchev–Trinajstić information content (AvgIpc) is 2.96. The van der Waals surface area contributed by atoms with Gasteiger partial charge in [-0.05, 0) is 68.7 Å². The monoisotopic (exact) mass is 582 g/mol. The van der Waals surface area contributed by atoms with Crippen LogP contribution in [-0.4, -0.2) is 60.0 Å². The highest BCUT2D eigenvalue weighted by Crippen LogP contribution is 2.36. The molecule has 0 aliphatic rings. The molecule has 8 nitrogen and oxygen atoms in total. The Bertz CT molecular complexity index is 1560. The van der Waals surface area contributed by atoms with E-state index >= 15 is 0 Å². The van der Waals surface area contributed by atoms with Gasteiger partial charge >= 0.3 is 6.18 Å². The molecule has 0 saturated carbocycles. The van der Waals surface area contributed by atoms with Crippen LogP contribution < -0.4 is 15.0 Å². The minimum atomic E-state index is -4.64. The van der Waals surface area contributed by atoms with Crippen LogP contribution in [-0.2, 0) is 12.6 Å². The van der Waals surface area contributed by atoms with E-state index in [1.165, 1.54) is 24.4 Å². The number of halogens is 4. The van der Waals surface area contributed by atoms with Gasteiger partial charge in [0.1, 0.15) is 17.4 Å². The topological polar surface area (TPSA) is 83.5 Å². The molecule has 0 spiro atoms. The molecular weight excluding hydrogens is 552 g/mol. The third-order valence-electron chi connectivity index (χ3n) is 6.33. The molecule has 0 unspecified atom stereocenters. The Kier molecular flexibility index (Phi) is 9.36. The number of amides is 1. The second-order valence-electron chi connectivity index (χ2n) is 9.72. The van der Waals surface area contributed by atoms with E-state index in [9.17, 15) is 22.4 Å². The molecule has 220 valence electrons. The number of aryl methyl sites for hydroxylation is 1. The molecular formula is C30H30F4N6O2. The van der Waals surface area contributed by atoms with Gasteiger partial charge in [0.2, 0.25) is 5.88 Å². The fourth-order valence-corrected chi connectivity index (χ4v) is 4.05. The quantitative estimate of drug-likeness (QED) is 0.220. The summed E-state index contributed by atoms with van der Waals surface area (Å²) in [6.07, 6.45) is -0.876. The number of hydrogen-bond acceptors (Lipinski definition) is 7. The maximum Gasteiger partial charge on any atom is 0.416 e. The molecule has 1 N–H and O–H groups in total. The number of alkyl halides is 3. The lowest BCUT2D eigenvalue weighted by molar-refractivity contribution is -0.137. The smallest absolute Gasteiger partial charge is 0.416 e. The minimum Gasteiger partial charge on any atom is -0.438 e. The fraction of sp³-hybridized carbons (Fsp3) is 0.267. The number of ether oxygens (including phenoxy) is 1. The molecule has 4 aromatic rings. The standard InChI is InChI=1S/C30H30F4N6O2/c1-5-27-35-14-12-24(37-27)21-7-6-13-36-29(21)42-20-9-10-23(31)22(18-20)28(41)38-25-17-19(30(32,33)34)8-11-26(25)40(4)16-15-39(2)3/h6-14,17-18H,5,15-16H2,1-4H3,(H,38,41). The second kappa shape index (κ2) is 12.9. The lowest BCUT2D eigenvalue weighted by Gasteiger charge is -2.25. The van der Waals surface area contributed by atoms with Crippen LogP contribution in [0.4, 0.5) is 28.9 Å². The van der Waals surface area contributed by atoms with Crippen LogP contribution in [0.1, 0.15) is 28.7 Å². The number of nitrogens with one attached hydrogen (secondary N) is 1. The van der Waals surface area contributed by atoms with E-state index in [1.807, 2.05) is 25.9 Å². The molecule has 1 amide bonds. The van der Waals surface area contributed by atoms with Crippen LogP contribution in [0.25, 0.3) is 11.3 Å². The summed E-state index contributed by atoms with van der Waals surface area (Å²) < 4.78 is 61.4. The number of aromatic nitrogens is 3. The predicted molar refractivity (Wildman–Crippen MR) is 152 cm³/mol. The van der Waals surface area contributed by atoms with E-state index < -0.39 is 29.0 Å². The number of carbonyl (C=O) groups excluding carboxylic acids is 1. The molecule has 0 fully saturated rings. The van der Waals surface area contributed by atoms with Gasteiger partial charge in [-0.1, -0.05) is 6.92 Å². The number of hydrogen-bond donors (Lipinski definition) is 1. The molecule has 0 aliphatic carbocycles. The number of rotatable bonds is 10. The van der Waals surface area contributed by atoms with E-state index in [2.05, 4.69) is 20.3 Å². The van der Waals surface area contributed by atoms with E-state index in [0.717, 1.165) is 18.2 Å². The molecule has 0 atom stereocenters. The summed E-state index contributed by atoms with van der Waals surface area (Å²) in [6.45, 7) is 3.01. The van der Waals surface area contributed by atoms with Gasteiger partial charge < -0.3 is 19.9 Å². The first kappa shape index (κ1) is 30.4. The van der Waals surface area contributed by atoms with Gasteiger partial charge in [-0.25, -0.2) is 19.3 Å². The van der Waals surface area contributed by atoms with Crippen molar-refractivity contribution in [2.45, 2.75) is 19.5 Å². The molecule has 42 heavy (non-hydrogen) atoms. The molecule has 12 heteroatoms. The van der Waals surface area contributed by atoms with Crippen molar-refractivity contribution < 1.29 is 27.1 Å². The van der Waals surface area contributed by atoms with Gasteiger partial charge in [0, 0.05) is 39.0 Å². The summed E-state index contributed by atoms with van der Waals surface area (Å²) in [5, 5.41) is 2.47. The zero-order chi connectivity index (χ0) is 30.4. The Labute approximate surface area is 241 Å². The van der Waals surface area contributed by atoms with Crippen molar-refractivity contribution in [3.8, 4) is 22.9 Å². The molecule has 0 aliphatic heterocycles. The summed E-state index contributed by atoms with van der Waals surface area (Å²) in [6, 6.07) is 11.8. The molecule has 4 rings (SSSR count). The van der Waals surface area contributed by atoms with Crippen molar-refractivity contribution in [1.82, 2.24) is 19.9 Å². The molecule has 2 aromatic carbocycles. The Morgan fingerprint density at radius 2 is 1.76 bits per heavy atom. The van der Waals surface area contributed by atoms with Gasteiger partial charge in [-0.15, -0.1) is 0 Å². The summed E-state index contributed by atoms with van der Waals surface area (Å²) in [7, 11) is 5.43. The third-order valence-corrected chi connectivity index (χ3v) is 6.33. The molecule has 2 heterocycles. The Morgan fingerprint density at radius 1 is 0.976 bits per heavy atom. The van der Waals surface area contributed by atoms with Crippen LogP contribution in [0.2, 0.25) is 0 Å². The summed E-state index contributed by atoms with van der Waals surface area (Å²) in [5.74, 6) is -0.926. The summed E-state index contributed by atoms with van der Waals surface area (Å²) >= 11 is 0. The first-order valence-electron chi connectivity index (χ1n) is 13.1. The first-order valence-corrected chi connectivity index (χ1v) is 13.1. The molecule has 0 saturated heterocycles. The highest BCUT2D eigenvalue weighted by atomic mass is 19.4. The minimum absolute atomic E-state index is 0.0960. The number of benzene rings is 2. The summed E-state index contributed by atoms with van der Waals surface area (Å²) in [4.78, 5) is 29.9. The lowest BCUT2D eigenvalue weighted by Crippen LogP contribution is -2.29. The van der Waals surface area contributed by atoms with Crippen molar-refractivity contribution >= 4 is 17.3 Å². The number of likely N-dealkylation sites (N-methyl/N-ethyl adjacent to an activating group) is 2. The summed E-state index contributed by atoms with van der Waals surface area (Å²) in [5.41, 5.74) is 0.00266. The van der Waals surface area contributed by atoms with Gasteiger partial charge in [0.25, 0.3) is 5.91 Å². The zero-order valence-corrected chi connectivity index (χ0v) is 23.5. The predicted octanol–water partition coefficient (Wildman–Crippen LogP) is 6.30. The van der Waals surface area contributed by atoms with Gasteiger partial charge in [0.15, 0.2) is 0 Å². The second-order valence-corrected chi connectivity index (χ2v) is 9.72. The highest BCUT2D eigenvalue weighted by Gasteiger charge is 2.31.